The molecule has 0 aliphatic heterocycles. The molecule has 0 aliphatic rings. The topological polar surface area (TPSA) is 40.5 Å². The predicted molar refractivity (Wildman–Crippen MR) is 120 cm³/mol. The molecule has 0 aliphatic carbocycles. The summed E-state index contributed by atoms with van der Waals surface area (Å²) in [6, 6.07) is 0. The van der Waals surface area contributed by atoms with E-state index in [0.717, 1.165) is 12.0 Å². The third-order valence-electron chi connectivity index (χ3n) is 4.46. The zero-order valence-corrected chi connectivity index (χ0v) is 18.6. The lowest BCUT2D eigenvalue weighted by atomic mass is 9.84. The molecule has 2 nitrogen and oxygen atoms in total. The Balaban J connectivity index is 4.92. The van der Waals surface area contributed by atoms with Gasteiger partial charge in [-0.1, -0.05) is 71.4 Å². The molecule has 152 valence electrons. The molecule has 0 aromatic heterocycles. The highest BCUT2D eigenvalue weighted by molar-refractivity contribution is 5.30. The number of allylic oxidation sites excluding steroid dienone is 11. The third-order valence-corrected chi connectivity index (χ3v) is 4.46. The molecule has 0 aromatic carbocycles. The van der Waals surface area contributed by atoms with Crippen molar-refractivity contribution in [1.29, 1.82) is 0 Å². The maximum absolute atomic E-state index is 10.4. The molecule has 0 aromatic rings. The van der Waals surface area contributed by atoms with Gasteiger partial charge >= 0.3 is 0 Å². The largest absolute Gasteiger partial charge is 0.390 e. The quantitative estimate of drug-likeness (QED) is 0.432. The van der Waals surface area contributed by atoms with Gasteiger partial charge in [-0.05, 0) is 68.2 Å². The zero-order valence-electron chi connectivity index (χ0n) is 18.6. The van der Waals surface area contributed by atoms with Crippen LogP contribution in [0.5, 0.6) is 0 Å². The Kier molecular flexibility index (Phi) is 11.2. The fraction of sp³-hybridized carbons (Fsp3) is 0.520. The van der Waals surface area contributed by atoms with E-state index in [0.29, 0.717) is 6.42 Å². The van der Waals surface area contributed by atoms with E-state index >= 15 is 0 Å². The Morgan fingerprint density at radius 3 is 1.74 bits per heavy atom. The van der Waals surface area contributed by atoms with Gasteiger partial charge in [0.1, 0.15) is 0 Å². The second-order valence-electron chi connectivity index (χ2n) is 8.54. The molecule has 0 fully saturated rings. The van der Waals surface area contributed by atoms with E-state index in [-0.39, 0.29) is 5.92 Å². The minimum atomic E-state index is -0.811. The number of hydrogen-bond donors (Lipinski definition) is 2. The average Bonchev–Trinajstić information content (AvgIpc) is 2.52. The normalized spacial score (nSPS) is 16.9. The van der Waals surface area contributed by atoms with E-state index in [4.69, 9.17) is 0 Å². The molecule has 27 heavy (non-hydrogen) atoms. The molecular formula is C25H40O2. The van der Waals surface area contributed by atoms with Gasteiger partial charge in [0.05, 0.1) is 11.2 Å². The molecule has 0 saturated heterocycles. The van der Waals surface area contributed by atoms with Crippen LogP contribution in [0.2, 0.25) is 0 Å². The van der Waals surface area contributed by atoms with Gasteiger partial charge < -0.3 is 10.2 Å². The summed E-state index contributed by atoms with van der Waals surface area (Å²) < 4.78 is 0. The molecular weight excluding hydrogens is 332 g/mol. The lowest BCUT2D eigenvalue weighted by Gasteiger charge is -2.29. The van der Waals surface area contributed by atoms with Crippen molar-refractivity contribution in [1.82, 2.24) is 0 Å². The SMILES string of the molecule is C/C=C(C)/C=C/C=C(C)/C=C/C=C(C)/C=C/[C@H](CCC(C)(C)O)C(C)(C)O. The van der Waals surface area contributed by atoms with E-state index in [2.05, 4.69) is 56.4 Å². The van der Waals surface area contributed by atoms with Crippen molar-refractivity contribution < 1.29 is 10.2 Å². The summed E-state index contributed by atoms with van der Waals surface area (Å²) in [6.07, 6.45) is 20.0. The van der Waals surface area contributed by atoms with Crippen molar-refractivity contribution >= 4 is 0 Å². The first-order valence-corrected chi connectivity index (χ1v) is 9.81. The Morgan fingerprint density at radius 2 is 1.30 bits per heavy atom. The molecule has 2 heteroatoms. The Hall–Kier alpha value is -1.64. The van der Waals surface area contributed by atoms with Gasteiger partial charge in [0.2, 0.25) is 0 Å². The molecule has 0 saturated carbocycles. The van der Waals surface area contributed by atoms with Crippen molar-refractivity contribution in [3.05, 3.63) is 71.4 Å². The van der Waals surface area contributed by atoms with Crippen LogP contribution in [0.15, 0.2) is 71.4 Å². The smallest absolute Gasteiger partial charge is 0.0654 e. The second-order valence-corrected chi connectivity index (χ2v) is 8.54. The van der Waals surface area contributed by atoms with Crippen LogP contribution in [0.3, 0.4) is 0 Å². The highest BCUT2D eigenvalue weighted by Crippen LogP contribution is 2.26. The fourth-order valence-electron chi connectivity index (χ4n) is 2.37. The number of hydrogen-bond acceptors (Lipinski definition) is 2. The van der Waals surface area contributed by atoms with Crippen LogP contribution >= 0.6 is 0 Å². The number of aliphatic hydroxyl groups is 2. The summed E-state index contributed by atoms with van der Waals surface area (Å²) in [4.78, 5) is 0. The van der Waals surface area contributed by atoms with E-state index < -0.39 is 11.2 Å². The summed E-state index contributed by atoms with van der Waals surface area (Å²) in [7, 11) is 0. The van der Waals surface area contributed by atoms with E-state index in [1.807, 2.05) is 39.8 Å². The lowest BCUT2D eigenvalue weighted by Crippen LogP contribution is -2.31. The van der Waals surface area contributed by atoms with Gasteiger partial charge in [-0.15, -0.1) is 0 Å². The van der Waals surface area contributed by atoms with Crippen LogP contribution < -0.4 is 0 Å². The monoisotopic (exact) mass is 372 g/mol. The summed E-state index contributed by atoms with van der Waals surface area (Å²) >= 11 is 0. The first-order valence-electron chi connectivity index (χ1n) is 9.81. The van der Waals surface area contributed by atoms with Crippen molar-refractivity contribution in [2.75, 3.05) is 0 Å². The molecule has 0 heterocycles. The van der Waals surface area contributed by atoms with Crippen LogP contribution in [0.4, 0.5) is 0 Å². The Morgan fingerprint density at radius 1 is 0.815 bits per heavy atom. The van der Waals surface area contributed by atoms with Crippen LogP contribution in [-0.4, -0.2) is 21.4 Å². The van der Waals surface area contributed by atoms with Gasteiger partial charge in [0.25, 0.3) is 0 Å². The first-order chi connectivity index (χ1) is 12.3. The summed E-state index contributed by atoms with van der Waals surface area (Å²) in [5, 5.41) is 20.3. The molecule has 0 spiro atoms. The summed E-state index contributed by atoms with van der Waals surface area (Å²) in [6.45, 7) is 15.5. The first kappa shape index (κ1) is 25.4. The minimum Gasteiger partial charge on any atom is -0.390 e. The molecule has 0 rings (SSSR count). The standard InChI is InChI=1S/C25H40O2/c1-9-20(2)12-10-13-21(3)14-11-15-22(4)16-17-23(25(7,8)27)18-19-24(5,6)26/h9-17,23,26-27H,18-19H2,1-8H3/b12-10+,14-11+,17-16+,20-9+,21-13+,22-15+/t23-/m1/s1. The van der Waals surface area contributed by atoms with E-state index in [1.165, 1.54) is 11.1 Å². The van der Waals surface area contributed by atoms with Crippen LogP contribution in [0.1, 0.15) is 68.2 Å². The third kappa shape index (κ3) is 14.1. The predicted octanol–water partition coefficient (Wildman–Crippen LogP) is 6.45. The maximum atomic E-state index is 10.4. The van der Waals surface area contributed by atoms with Crippen LogP contribution in [0.25, 0.3) is 0 Å². The van der Waals surface area contributed by atoms with Gasteiger partial charge in [-0.2, -0.15) is 0 Å². The maximum Gasteiger partial charge on any atom is 0.0654 e. The summed E-state index contributed by atoms with van der Waals surface area (Å²) in [5.74, 6) is -0.00196. The van der Waals surface area contributed by atoms with E-state index in [1.54, 1.807) is 13.8 Å². The van der Waals surface area contributed by atoms with Crippen molar-refractivity contribution in [2.24, 2.45) is 5.92 Å². The number of rotatable bonds is 10. The molecule has 0 unspecified atom stereocenters. The van der Waals surface area contributed by atoms with Crippen molar-refractivity contribution in [3.63, 3.8) is 0 Å². The van der Waals surface area contributed by atoms with Crippen LogP contribution in [0, 0.1) is 5.92 Å². The second kappa shape index (κ2) is 11.9. The summed E-state index contributed by atoms with van der Waals surface area (Å²) in [5.41, 5.74) is 2.03. The highest BCUT2D eigenvalue weighted by atomic mass is 16.3. The zero-order chi connectivity index (χ0) is 21.1. The fourth-order valence-corrected chi connectivity index (χ4v) is 2.37. The van der Waals surface area contributed by atoms with Gasteiger partial charge in [0.15, 0.2) is 0 Å². The average molecular weight is 373 g/mol. The Labute approximate surface area is 167 Å². The molecule has 0 bridgehead atoms. The van der Waals surface area contributed by atoms with Gasteiger partial charge in [-0.25, -0.2) is 0 Å². The highest BCUT2D eigenvalue weighted by Gasteiger charge is 2.26. The molecule has 1 atom stereocenters. The van der Waals surface area contributed by atoms with Crippen LogP contribution in [-0.2, 0) is 0 Å². The molecule has 0 amide bonds. The van der Waals surface area contributed by atoms with Gasteiger partial charge in [0, 0.05) is 5.92 Å². The minimum absolute atomic E-state index is 0.00196. The Bertz CT molecular complexity index is 612. The molecule has 0 radical (unpaired) electrons. The van der Waals surface area contributed by atoms with E-state index in [9.17, 15) is 10.2 Å². The molecule has 2 N–H and O–H groups in total. The lowest BCUT2D eigenvalue weighted by molar-refractivity contribution is 0.0140. The van der Waals surface area contributed by atoms with Gasteiger partial charge in [-0.3, -0.25) is 0 Å². The van der Waals surface area contributed by atoms with Crippen molar-refractivity contribution in [2.45, 2.75) is 79.4 Å². The van der Waals surface area contributed by atoms with Crippen molar-refractivity contribution in [3.8, 4) is 0 Å².